The van der Waals surface area contributed by atoms with E-state index < -0.39 is 0 Å². The minimum atomic E-state index is 0.612. The Morgan fingerprint density at radius 3 is 1.89 bits per heavy atom. The molecular weight excluding hydrogens is 559 g/mol. The molecule has 0 aliphatic carbocycles. The molecule has 0 fully saturated rings. The fraction of sp³-hybridized carbons (Fsp3) is 0. The molecule has 0 saturated carbocycles. The van der Waals surface area contributed by atoms with Crippen LogP contribution < -0.4 is 0 Å². The molecule has 0 unspecified atom stereocenters. The summed E-state index contributed by atoms with van der Waals surface area (Å²) >= 11 is 1.78. The van der Waals surface area contributed by atoms with Gasteiger partial charge in [0.05, 0.1) is 0 Å². The summed E-state index contributed by atoms with van der Waals surface area (Å²) in [6.45, 7) is 0. The molecule has 6 aromatic carbocycles. The first-order valence-electron chi connectivity index (χ1n) is 14.5. The van der Waals surface area contributed by atoms with E-state index in [9.17, 15) is 0 Å². The Morgan fingerprint density at radius 1 is 0.432 bits per heavy atom. The van der Waals surface area contributed by atoms with E-state index in [1.165, 1.54) is 20.2 Å². The molecule has 3 aromatic heterocycles. The van der Waals surface area contributed by atoms with Crippen LogP contribution in [-0.4, -0.2) is 15.0 Å². The molecule has 206 valence electrons. The second-order valence-electron chi connectivity index (χ2n) is 10.8. The molecule has 0 atom stereocenters. The number of fused-ring (bicyclic) bond motifs is 6. The number of nitrogens with zero attached hydrogens (tertiary/aromatic N) is 3. The van der Waals surface area contributed by atoms with Crippen molar-refractivity contribution in [2.75, 3.05) is 0 Å². The fourth-order valence-corrected chi connectivity index (χ4v) is 7.30. The van der Waals surface area contributed by atoms with Gasteiger partial charge in [-0.25, -0.2) is 15.0 Å². The van der Waals surface area contributed by atoms with Crippen LogP contribution in [-0.2, 0) is 0 Å². The van der Waals surface area contributed by atoms with Gasteiger partial charge < -0.3 is 4.42 Å². The summed E-state index contributed by atoms with van der Waals surface area (Å²) < 4.78 is 8.84. The molecule has 0 radical (unpaired) electrons. The van der Waals surface area contributed by atoms with Crippen LogP contribution in [0.15, 0.2) is 144 Å². The standard InChI is InChI=1S/C39H23N3OS/c1-3-12-24(13-4-1)26-22-31(35-29-17-7-9-20-32(29)43-33(35)23-26)39-41-37(25-14-5-2-6-15-25)40-38(42-39)30-19-11-18-28-27-16-8-10-21-34(27)44-36(28)30/h1-23H. The van der Waals surface area contributed by atoms with Crippen molar-refractivity contribution < 1.29 is 4.42 Å². The van der Waals surface area contributed by atoms with E-state index in [1.807, 2.05) is 54.6 Å². The maximum absolute atomic E-state index is 6.43. The van der Waals surface area contributed by atoms with Gasteiger partial charge >= 0.3 is 0 Å². The summed E-state index contributed by atoms with van der Waals surface area (Å²) in [5.41, 5.74) is 6.63. The number of para-hydroxylation sites is 1. The number of hydrogen-bond acceptors (Lipinski definition) is 5. The van der Waals surface area contributed by atoms with Gasteiger partial charge in [0, 0.05) is 47.6 Å². The Hall–Kier alpha value is -5.65. The zero-order chi connectivity index (χ0) is 29.0. The minimum Gasteiger partial charge on any atom is -0.456 e. The van der Waals surface area contributed by atoms with Crippen LogP contribution in [0.2, 0.25) is 0 Å². The third-order valence-corrected chi connectivity index (χ3v) is 9.36. The Kier molecular flexibility index (Phi) is 5.64. The molecule has 5 heteroatoms. The lowest BCUT2D eigenvalue weighted by Crippen LogP contribution is -2.00. The molecule has 0 bridgehead atoms. The SMILES string of the molecule is c1ccc(-c2cc(-c3nc(-c4ccccc4)nc(-c4cccc5c4sc4ccccc45)n3)c3c(c2)oc2ccccc23)cc1. The molecule has 0 aliphatic rings. The highest BCUT2D eigenvalue weighted by atomic mass is 32.1. The highest BCUT2D eigenvalue weighted by Gasteiger charge is 2.21. The van der Waals surface area contributed by atoms with Gasteiger partial charge in [-0.2, -0.15) is 0 Å². The first-order valence-corrected chi connectivity index (χ1v) is 15.3. The van der Waals surface area contributed by atoms with Crippen molar-refractivity contribution >= 4 is 53.4 Å². The zero-order valence-electron chi connectivity index (χ0n) is 23.4. The van der Waals surface area contributed by atoms with Crippen LogP contribution in [0.25, 0.3) is 87.4 Å². The summed E-state index contributed by atoms with van der Waals surface area (Å²) in [6.07, 6.45) is 0. The van der Waals surface area contributed by atoms with Crippen molar-refractivity contribution in [3.8, 4) is 45.3 Å². The van der Waals surface area contributed by atoms with Crippen molar-refractivity contribution in [1.82, 2.24) is 15.0 Å². The number of benzene rings is 6. The van der Waals surface area contributed by atoms with E-state index in [1.54, 1.807) is 11.3 Å². The van der Waals surface area contributed by atoms with Crippen LogP contribution in [0.3, 0.4) is 0 Å². The molecule has 0 amide bonds. The van der Waals surface area contributed by atoms with Gasteiger partial charge in [0.1, 0.15) is 11.2 Å². The highest BCUT2D eigenvalue weighted by molar-refractivity contribution is 7.26. The van der Waals surface area contributed by atoms with Crippen LogP contribution >= 0.6 is 11.3 Å². The van der Waals surface area contributed by atoms with E-state index in [-0.39, 0.29) is 0 Å². The number of aromatic nitrogens is 3. The summed E-state index contributed by atoms with van der Waals surface area (Å²) in [4.78, 5) is 15.5. The van der Waals surface area contributed by atoms with Crippen LogP contribution in [0, 0.1) is 0 Å². The Balaban J connectivity index is 1.37. The van der Waals surface area contributed by atoms with Gasteiger partial charge in [-0.1, -0.05) is 109 Å². The lowest BCUT2D eigenvalue weighted by Gasteiger charge is -2.11. The van der Waals surface area contributed by atoms with Gasteiger partial charge in [0.15, 0.2) is 17.5 Å². The third kappa shape index (κ3) is 4.02. The Morgan fingerprint density at radius 2 is 1.07 bits per heavy atom. The molecule has 0 N–H and O–H groups in total. The summed E-state index contributed by atoms with van der Waals surface area (Å²) in [5.74, 6) is 1.90. The maximum atomic E-state index is 6.43. The first kappa shape index (κ1) is 24.9. The Bertz CT molecular complexity index is 2500. The van der Waals surface area contributed by atoms with Gasteiger partial charge in [-0.3, -0.25) is 0 Å². The molecule has 9 rings (SSSR count). The van der Waals surface area contributed by atoms with Crippen molar-refractivity contribution in [3.63, 3.8) is 0 Å². The summed E-state index contributed by atoms with van der Waals surface area (Å²) in [7, 11) is 0. The second-order valence-corrected chi connectivity index (χ2v) is 11.9. The molecule has 0 saturated heterocycles. The fourth-order valence-electron chi connectivity index (χ4n) is 6.08. The van der Waals surface area contributed by atoms with Crippen molar-refractivity contribution in [2.24, 2.45) is 0 Å². The minimum absolute atomic E-state index is 0.612. The molecule has 3 heterocycles. The van der Waals surface area contributed by atoms with Gasteiger partial charge in [-0.05, 0) is 41.5 Å². The van der Waals surface area contributed by atoms with E-state index in [4.69, 9.17) is 19.4 Å². The van der Waals surface area contributed by atoms with Crippen LogP contribution in [0.4, 0.5) is 0 Å². The highest BCUT2D eigenvalue weighted by Crippen LogP contribution is 2.42. The largest absolute Gasteiger partial charge is 0.456 e. The van der Waals surface area contributed by atoms with Gasteiger partial charge in [0.25, 0.3) is 0 Å². The third-order valence-electron chi connectivity index (χ3n) is 8.14. The second kappa shape index (κ2) is 9.97. The van der Waals surface area contributed by atoms with Crippen molar-refractivity contribution in [2.45, 2.75) is 0 Å². The number of rotatable bonds is 4. The molecule has 44 heavy (non-hydrogen) atoms. The molecular formula is C39H23N3OS. The predicted octanol–water partition coefficient (Wildman–Crippen LogP) is 10.8. The topological polar surface area (TPSA) is 51.8 Å². The number of thiophene rings is 1. The number of hydrogen-bond donors (Lipinski definition) is 0. The van der Waals surface area contributed by atoms with Crippen LogP contribution in [0.1, 0.15) is 0 Å². The lowest BCUT2D eigenvalue weighted by molar-refractivity contribution is 0.669. The molecule has 0 aliphatic heterocycles. The van der Waals surface area contributed by atoms with E-state index in [2.05, 4.69) is 84.9 Å². The average Bonchev–Trinajstić information content (AvgIpc) is 3.67. The molecule has 4 nitrogen and oxygen atoms in total. The molecule has 9 aromatic rings. The average molecular weight is 582 g/mol. The van der Waals surface area contributed by atoms with Crippen LogP contribution in [0.5, 0.6) is 0 Å². The van der Waals surface area contributed by atoms with E-state index in [0.717, 1.165) is 49.8 Å². The zero-order valence-corrected chi connectivity index (χ0v) is 24.3. The van der Waals surface area contributed by atoms with Gasteiger partial charge in [0.2, 0.25) is 0 Å². The quantitative estimate of drug-likeness (QED) is 0.207. The molecule has 0 spiro atoms. The van der Waals surface area contributed by atoms with E-state index >= 15 is 0 Å². The monoisotopic (exact) mass is 581 g/mol. The first-order chi connectivity index (χ1) is 21.8. The predicted molar refractivity (Wildman–Crippen MR) is 182 cm³/mol. The normalized spacial score (nSPS) is 11.6. The van der Waals surface area contributed by atoms with Crippen molar-refractivity contribution in [3.05, 3.63) is 140 Å². The summed E-state index contributed by atoms with van der Waals surface area (Å²) in [6, 6.07) is 47.9. The number of furan rings is 1. The Labute approximate surface area is 256 Å². The lowest BCUT2D eigenvalue weighted by atomic mass is 9.98. The van der Waals surface area contributed by atoms with E-state index in [0.29, 0.717) is 17.5 Å². The maximum Gasteiger partial charge on any atom is 0.165 e. The van der Waals surface area contributed by atoms with Crippen molar-refractivity contribution in [1.29, 1.82) is 0 Å². The smallest absolute Gasteiger partial charge is 0.165 e. The summed E-state index contributed by atoms with van der Waals surface area (Å²) in [5, 5.41) is 4.48. The van der Waals surface area contributed by atoms with Gasteiger partial charge in [-0.15, -0.1) is 11.3 Å².